The van der Waals surface area contributed by atoms with Crippen LogP contribution in [0.1, 0.15) is 30.8 Å². The van der Waals surface area contributed by atoms with Crippen molar-refractivity contribution in [2.24, 2.45) is 0 Å². The van der Waals surface area contributed by atoms with Crippen LogP contribution in [-0.4, -0.2) is 16.9 Å². The third kappa shape index (κ3) is 3.16. The third-order valence-electron chi connectivity index (χ3n) is 3.39. The Labute approximate surface area is 125 Å². The summed E-state index contributed by atoms with van der Waals surface area (Å²) >= 11 is 0. The van der Waals surface area contributed by atoms with Crippen molar-refractivity contribution in [1.29, 1.82) is 5.26 Å². The molecule has 0 aliphatic rings. The van der Waals surface area contributed by atoms with E-state index in [1.54, 1.807) is 13.2 Å². The summed E-state index contributed by atoms with van der Waals surface area (Å²) in [5.74, 6) is 0.673. The highest BCUT2D eigenvalue weighted by Crippen LogP contribution is 2.28. The second-order valence-electron chi connectivity index (χ2n) is 4.64. The van der Waals surface area contributed by atoms with Crippen molar-refractivity contribution in [3.05, 3.63) is 41.2 Å². The molecule has 0 aliphatic heterocycles. The number of benzene rings is 1. The molecule has 1 heterocycles. The van der Waals surface area contributed by atoms with Crippen molar-refractivity contribution < 1.29 is 4.74 Å². The number of nitrogens with zero attached hydrogens (tertiary/aromatic N) is 3. The highest BCUT2D eigenvalue weighted by atomic mass is 16.5. The van der Waals surface area contributed by atoms with Crippen LogP contribution in [0.3, 0.4) is 0 Å². The molecular weight excluding hydrogens is 264 g/mol. The molecule has 21 heavy (non-hydrogen) atoms. The van der Waals surface area contributed by atoms with E-state index < -0.39 is 0 Å². The van der Waals surface area contributed by atoms with Gasteiger partial charge in [0, 0.05) is 6.54 Å². The Morgan fingerprint density at radius 1 is 1.38 bits per heavy atom. The minimum Gasteiger partial charge on any atom is -0.495 e. The zero-order chi connectivity index (χ0) is 15.2. The molecule has 110 valence electrons. The van der Waals surface area contributed by atoms with Crippen LogP contribution in [0.2, 0.25) is 0 Å². The SMILES string of the molecule is CCc1cc(CNc2c(C#N)cccc2OC)n(CC)n1. The number of rotatable bonds is 6. The highest BCUT2D eigenvalue weighted by molar-refractivity contribution is 5.66. The Morgan fingerprint density at radius 3 is 2.81 bits per heavy atom. The van der Waals surface area contributed by atoms with Gasteiger partial charge in [-0.1, -0.05) is 13.0 Å². The monoisotopic (exact) mass is 284 g/mol. The molecule has 0 spiro atoms. The third-order valence-corrected chi connectivity index (χ3v) is 3.39. The molecular formula is C16H20N4O. The van der Waals surface area contributed by atoms with Gasteiger partial charge >= 0.3 is 0 Å². The van der Waals surface area contributed by atoms with Crippen molar-refractivity contribution in [3.8, 4) is 11.8 Å². The van der Waals surface area contributed by atoms with Crippen molar-refractivity contribution in [3.63, 3.8) is 0 Å². The number of hydrogen-bond acceptors (Lipinski definition) is 4. The second kappa shape index (κ2) is 6.80. The number of aromatic nitrogens is 2. The fourth-order valence-electron chi connectivity index (χ4n) is 2.26. The lowest BCUT2D eigenvalue weighted by molar-refractivity contribution is 0.416. The van der Waals surface area contributed by atoms with Gasteiger partial charge in [-0.15, -0.1) is 0 Å². The number of nitrogens with one attached hydrogen (secondary N) is 1. The molecule has 1 aromatic carbocycles. The first-order valence-electron chi connectivity index (χ1n) is 7.10. The number of hydrogen-bond donors (Lipinski definition) is 1. The Bertz CT molecular complexity index is 655. The lowest BCUT2D eigenvalue weighted by atomic mass is 10.1. The molecule has 0 atom stereocenters. The number of aryl methyl sites for hydroxylation is 2. The molecule has 2 rings (SSSR count). The maximum absolute atomic E-state index is 9.22. The lowest BCUT2D eigenvalue weighted by Gasteiger charge is -2.13. The number of para-hydroxylation sites is 1. The van der Waals surface area contributed by atoms with Gasteiger partial charge < -0.3 is 10.1 Å². The molecule has 5 heteroatoms. The van der Waals surface area contributed by atoms with Gasteiger partial charge in [-0.05, 0) is 31.5 Å². The van der Waals surface area contributed by atoms with E-state index in [0.717, 1.165) is 30.0 Å². The Hall–Kier alpha value is -2.48. The molecule has 2 aromatic rings. The van der Waals surface area contributed by atoms with Crippen LogP contribution in [0.15, 0.2) is 24.3 Å². The molecule has 1 N–H and O–H groups in total. The normalized spacial score (nSPS) is 10.2. The average Bonchev–Trinajstić information content (AvgIpc) is 2.94. The molecule has 0 saturated carbocycles. The van der Waals surface area contributed by atoms with Gasteiger partial charge in [0.15, 0.2) is 0 Å². The van der Waals surface area contributed by atoms with E-state index in [4.69, 9.17) is 4.74 Å². The first-order chi connectivity index (χ1) is 10.2. The minimum atomic E-state index is 0.577. The van der Waals surface area contributed by atoms with Crippen LogP contribution in [0.5, 0.6) is 5.75 Å². The molecule has 1 aromatic heterocycles. The molecule has 0 fully saturated rings. The van der Waals surface area contributed by atoms with Gasteiger partial charge in [-0.2, -0.15) is 10.4 Å². The van der Waals surface area contributed by atoms with Crippen LogP contribution in [0, 0.1) is 11.3 Å². The van der Waals surface area contributed by atoms with E-state index in [0.29, 0.717) is 17.9 Å². The van der Waals surface area contributed by atoms with Crippen LogP contribution >= 0.6 is 0 Å². The quantitative estimate of drug-likeness (QED) is 0.885. The fraction of sp³-hybridized carbons (Fsp3) is 0.375. The number of anilines is 1. The van der Waals surface area contributed by atoms with Crippen molar-refractivity contribution in [2.75, 3.05) is 12.4 Å². The molecule has 0 radical (unpaired) electrons. The highest BCUT2D eigenvalue weighted by Gasteiger charge is 2.10. The molecule has 5 nitrogen and oxygen atoms in total. The molecule has 0 saturated heterocycles. The van der Waals surface area contributed by atoms with E-state index >= 15 is 0 Å². The van der Waals surface area contributed by atoms with Gasteiger partial charge in [0.2, 0.25) is 0 Å². The summed E-state index contributed by atoms with van der Waals surface area (Å²) < 4.78 is 7.30. The van der Waals surface area contributed by atoms with E-state index in [9.17, 15) is 5.26 Å². The standard InChI is InChI=1S/C16H20N4O/c1-4-13-9-14(20(5-2)19-13)11-18-16-12(10-17)7-6-8-15(16)21-3/h6-9,18H,4-5,11H2,1-3H3. The summed E-state index contributed by atoms with van der Waals surface area (Å²) in [7, 11) is 1.60. The van der Waals surface area contributed by atoms with E-state index in [1.165, 1.54) is 0 Å². The van der Waals surface area contributed by atoms with E-state index in [2.05, 4.69) is 36.4 Å². The minimum absolute atomic E-state index is 0.577. The predicted molar refractivity (Wildman–Crippen MR) is 82.3 cm³/mol. The zero-order valence-electron chi connectivity index (χ0n) is 12.7. The summed E-state index contributed by atoms with van der Waals surface area (Å²) in [4.78, 5) is 0. The van der Waals surface area contributed by atoms with Gasteiger partial charge in [0.25, 0.3) is 0 Å². The Kier molecular flexibility index (Phi) is 4.83. The van der Waals surface area contributed by atoms with Crippen LogP contribution in [0.25, 0.3) is 0 Å². The maximum atomic E-state index is 9.22. The smallest absolute Gasteiger partial charge is 0.143 e. The van der Waals surface area contributed by atoms with E-state index in [1.807, 2.05) is 16.8 Å². The Morgan fingerprint density at radius 2 is 2.19 bits per heavy atom. The van der Waals surface area contributed by atoms with Gasteiger partial charge in [0.1, 0.15) is 11.8 Å². The molecule has 0 amide bonds. The zero-order valence-corrected chi connectivity index (χ0v) is 12.7. The van der Waals surface area contributed by atoms with Gasteiger partial charge in [-0.25, -0.2) is 0 Å². The fourth-order valence-corrected chi connectivity index (χ4v) is 2.26. The van der Waals surface area contributed by atoms with Crippen LogP contribution in [0.4, 0.5) is 5.69 Å². The first-order valence-corrected chi connectivity index (χ1v) is 7.10. The first kappa shape index (κ1) is 14.9. The van der Waals surface area contributed by atoms with Gasteiger partial charge in [0.05, 0.1) is 36.3 Å². The van der Waals surface area contributed by atoms with E-state index in [-0.39, 0.29) is 0 Å². The number of nitriles is 1. The van der Waals surface area contributed by atoms with Crippen molar-refractivity contribution in [1.82, 2.24) is 9.78 Å². The summed E-state index contributed by atoms with van der Waals surface area (Å²) in [6.07, 6.45) is 0.915. The molecule has 0 unspecified atom stereocenters. The van der Waals surface area contributed by atoms with Crippen LogP contribution < -0.4 is 10.1 Å². The summed E-state index contributed by atoms with van der Waals surface area (Å²) in [6, 6.07) is 9.72. The molecule has 0 aliphatic carbocycles. The largest absolute Gasteiger partial charge is 0.495 e. The topological polar surface area (TPSA) is 62.9 Å². The van der Waals surface area contributed by atoms with Crippen molar-refractivity contribution in [2.45, 2.75) is 33.4 Å². The van der Waals surface area contributed by atoms with Crippen molar-refractivity contribution >= 4 is 5.69 Å². The second-order valence-corrected chi connectivity index (χ2v) is 4.64. The average molecular weight is 284 g/mol. The lowest BCUT2D eigenvalue weighted by Crippen LogP contribution is -2.09. The maximum Gasteiger partial charge on any atom is 0.143 e. The number of ether oxygens (including phenoxy) is 1. The summed E-state index contributed by atoms with van der Waals surface area (Å²) in [6.45, 7) is 5.59. The Balaban J connectivity index is 2.24. The summed E-state index contributed by atoms with van der Waals surface area (Å²) in [5.41, 5.74) is 3.48. The van der Waals surface area contributed by atoms with Crippen LogP contribution in [-0.2, 0) is 19.5 Å². The summed E-state index contributed by atoms with van der Waals surface area (Å²) in [5, 5.41) is 17.0. The number of methoxy groups -OCH3 is 1. The predicted octanol–water partition coefficient (Wildman–Crippen LogP) is 2.96. The molecule has 0 bridgehead atoms. The van der Waals surface area contributed by atoms with Gasteiger partial charge in [-0.3, -0.25) is 4.68 Å².